The van der Waals surface area contributed by atoms with Crippen molar-refractivity contribution in [3.63, 3.8) is 0 Å². The summed E-state index contributed by atoms with van der Waals surface area (Å²) in [7, 11) is -3.58. The molecule has 0 saturated carbocycles. The number of carboxylic acids is 1. The Labute approximate surface area is 88.6 Å². The Kier molecular flexibility index (Phi) is 3.87. The summed E-state index contributed by atoms with van der Waals surface area (Å²) in [5.41, 5.74) is 0. The number of aliphatic carboxylic acids is 1. The zero-order valence-electron chi connectivity index (χ0n) is 9.07. The summed E-state index contributed by atoms with van der Waals surface area (Å²) in [6.45, 7) is 3.72. The van der Waals surface area contributed by atoms with Crippen LogP contribution in [0.5, 0.6) is 0 Å². The molecule has 1 atom stereocenters. The maximum Gasteiger partial charge on any atom is 0.325 e. The summed E-state index contributed by atoms with van der Waals surface area (Å²) in [6.07, 6.45) is 0.929. The summed E-state index contributed by atoms with van der Waals surface area (Å²) in [5.74, 6) is -2.03. The van der Waals surface area contributed by atoms with E-state index in [4.69, 9.17) is 5.11 Å². The first-order chi connectivity index (χ1) is 6.50. The van der Waals surface area contributed by atoms with E-state index in [1.807, 2.05) is 0 Å². The molecule has 0 fully saturated rings. The first-order valence-electron chi connectivity index (χ1n) is 4.23. The summed E-state index contributed by atoms with van der Waals surface area (Å²) >= 11 is 0. The number of carboxylic acid groups (broad SMARTS) is 1. The molecule has 0 radical (unpaired) electrons. The van der Waals surface area contributed by atoms with E-state index in [0.717, 1.165) is 6.26 Å². The first kappa shape index (κ1) is 13.9. The van der Waals surface area contributed by atoms with Gasteiger partial charge < -0.3 is 10.4 Å². The average Bonchev–Trinajstić information content (AvgIpc) is 2.01. The van der Waals surface area contributed by atoms with Crippen LogP contribution < -0.4 is 5.32 Å². The molecule has 0 saturated heterocycles. The van der Waals surface area contributed by atoms with Crippen LogP contribution in [0.4, 0.5) is 0 Å². The molecule has 7 heteroatoms. The van der Waals surface area contributed by atoms with Crippen LogP contribution in [-0.4, -0.2) is 42.4 Å². The molecule has 0 aliphatic carbocycles. The monoisotopic (exact) mass is 237 g/mol. The van der Waals surface area contributed by atoms with E-state index in [1.165, 1.54) is 20.8 Å². The molecule has 15 heavy (non-hydrogen) atoms. The van der Waals surface area contributed by atoms with Crippen molar-refractivity contribution >= 4 is 21.7 Å². The van der Waals surface area contributed by atoms with Gasteiger partial charge in [-0.3, -0.25) is 9.59 Å². The third-order valence-corrected chi connectivity index (χ3v) is 4.23. The second kappa shape index (κ2) is 4.18. The van der Waals surface area contributed by atoms with Gasteiger partial charge in [-0.2, -0.15) is 0 Å². The molecule has 0 bridgehead atoms. The Morgan fingerprint density at radius 1 is 1.33 bits per heavy atom. The molecule has 0 aromatic carbocycles. The standard InChI is InChI=1S/C8H15NO5S/c1-5(6(10)11)9-7(12)8(2,3)15(4,13)14/h5H,1-4H3,(H,9,12)(H,10,11)/t5-/m1/s1. The quantitative estimate of drug-likeness (QED) is 0.680. The molecular formula is C8H15NO5S. The van der Waals surface area contributed by atoms with Crippen molar-refractivity contribution in [2.24, 2.45) is 0 Å². The topological polar surface area (TPSA) is 101 Å². The average molecular weight is 237 g/mol. The molecular weight excluding hydrogens is 222 g/mol. The van der Waals surface area contributed by atoms with Gasteiger partial charge in [0, 0.05) is 6.26 Å². The van der Waals surface area contributed by atoms with Crippen molar-refractivity contribution in [1.29, 1.82) is 0 Å². The highest BCUT2D eigenvalue weighted by Crippen LogP contribution is 2.15. The van der Waals surface area contributed by atoms with Gasteiger partial charge in [0.1, 0.15) is 10.8 Å². The Morgan fingerprint density at radius 2 is 1.73 bits per heavy atom. The second-order valence-corrected chi connectivity index (χ2v) is 6.38. The third-order valence-electron chi connectivity index (χ3n) is 2.19. The van der Waals surface area contributed by atoms with Crippen molar-refractivity contribution in [3.05, 3.63) is 0 Å². The lowest BCUT2D eigenvalue weighted by molar-refractivity contribution is -0.141. The summed E-state index contributed by atoms with van der Waals surface area (Å²) < 4.78 is 20.8. The predicted octanol–water partition coefficient (Wildman–Crippen LogP) is -0.601. The fourth-order valence-corrected chi connectivity index (χ4v) is 0.996. The fraction of sp³-hybridized carbons (Fsp3) is 0.750. The van der Waals surface area contributed by atoms with Crippen molar-refractivity contribution in [3.8, 4) is 0 Å². The number of carbonyl (C=O) groups is 2. The molecule has 2 N–H and O–H groups in total. The number of sulfone groups is 1. The smallest absolute Gasteiger partial charge is 0.325 e. The minimum atomic E-state index is -3.58. The molecule has 0 aromatic heterocycles. The van der Waals surface area contributed by atoms with E-state index in [2.05, 4.69) is 5.32 Å². The highest BCUT2D eigenvalue weighted by atomic mass is 32.2. The molecule has 0 rings (SSSR count). The molecule has 0 unspecified atom stereocenters. The molecule has 88 valence electrons. The number of nitrogens with one attached hydrogen (secondary N) is 1. The van der Waals surface area contributed by atoms with Gasteiger partial charge in [0.25, 0.3) is 0 Å². The lowest BCUT2D eigenvalue weighted by Gasteiger charge is -2.22. The summed E-state index contributed by atoms with van der Waals surface area (Å²) in [4.78, 5) is 21.9. The van der Waals surface area contributed by atoms with Crippen LogP contribution >= 0.6 is 0 Å². The molecule has 0 heterocycles. The largest absolute Gasteiger partial charge is 0.480 e. The van der Waals surface area contributed by atoms with Crippen molar-refractivity contribution in [2.75, 3.05) is 6.26 Å². The SMILES string of the molecule is C[C@@H](NC(=O)C(C)(C)S(C)(=O)=O)C(=O)O. The fourth-order valence-electron chi connectivity index (χ4n) is 0.601. The van der Waals surface area contributed by atoms with Gasteiger partial charge in [0.15, 0.2) is 9.84 Å². The number of hydrogen-bond donors (Lipinski definition) is 2. The molecule has 6 nitrogen and oxygen atoms in total. The number of carbonyl (C=O) groups excluding carboxylic acids is 1. The summed E-state index contributed by atoms with van der Waals surface area (Å²) in [6, 6.07) is -1.11. The van der Waals surface area contributed by atoms with Gasteiger partial charge >= 0.3 is 5.97 Å². The highest BCUT2D eigenvalue weighted by Gasteiger charge is 2.39. The Morgan fingerprint density at radius 3 is 2.00 bits per heavy atom. The van der Waals surface area contributed by atoms with E-state index < -0.39 is 32.5 Å². The summed E-state index contributed by atoms with van der Waals surface area (Å²) in [5, 5.41) is 10.6. The van der Waals surface area contributed by atoms with Crippen LogP contribution in [0.15, 0.2) is 0 Å². The van der Waals surface area contributed by atoms with Crippen LogP contribution in [-0.2, 0) is 19.4 Å². The first-order valence-corrected chi connectivity index (χ1v) is 6.12. The van der Waals surface area contributed by atoms with E-state index >= 15 is 0 Å². The number of rotatable bonds is 4. The minimum absolute atomic E-state index is 0.820. The van der Waals surface area contributed by atoms with Gasteiger partial charge in [0.2, 0.25) is 5.91 Å². The predicted molar refractivity (Wildman–Crippen MR) is 54.2 cm³/mol. The Balaban J connectivity index is 4.82. The van der Waals surface area contributed by atoms with Gasteiger partial charge in [-0.05, 0) is 20.8 Å². The van der Waals surface area contributed by atoms with E-state index in [1.54, 1.807) is 0 Å². The molecule has 0 aromatic rings. The second-order valence-electron chi connectivity index (χ2n) is 3.82. The molecule has 0 aliphatic rings. The lowest BCUT2D eigenvalue weighted by atomic mass is 10.2. The normalized spacial score (nSPS) is 14.4. The van der Waals surface area contributed by atoms with E-state index in [9.17, 15) is 18.0 Å². The van der Waals surface area contributed by atoms with Crippen LogP contribution in [0.3, 0.4) is 0 Å². The molecule has 0 spiro atoms. The lowest BCUT2D eigenvalue weighted by Crippen LogP contribution is -2.51. The highest BCUT2D eigenvalue weighted by molar-refractivity contribution is 7.92. The Bertz CT molecular complexity index is 370. The van der Waals surface area contributed by atoms with Gasteiger partial charge in [-0.1, -0.05) is 0 Å². The van der Waals surface area contributed by atoms with Crippen LogP contribution in [0.2, 0.25) is 0 Å². The van der Waals surface area contributed by atoms with Crippen LogP contribution in [0.25, 0.3) is 0 Å². The maximum absolute atomic E-state index is 11.5. The number of amides is 1. The Hall–Kier alpha value is -1.11. The molecule has 1 amide bonds. The zero-order chi connectivity index (χ0) is 12.4. The third kappa shape index (κ3) is 3.19. The van der Waals surface area contributed by atoms with Crippen molar-refractivity contribution < 1.29 is 23.1 Å². The van der Waals surface area contributed by atoms with Crippen molar-refractivity contribution in [2.45, 2.75) is 31.6 Å². The van der Waals surface area contributed by atoms with Gasteiger partial charge in [-0.25, -0.2) is 8.42 Å². The van der Waals surface area contributed by atoms with Crippen molar-refractivity contribution in [1.82, 2.24) is 5.32 Å². The van der Waals surface area contributed by atoms with Crippen LogP contribution in [0.1, 0.15) is 20.8 Å². The molecule has 0 aliphatic heterocycles. The minimum Gasteiger partial charge on any atom is -0.480 e. The van der Waals surface area contributed by atoms with Gasteiger partial charge in [0.05, 0.1) is 0 Å². The zero-order valence-corrected chi connectivity index (χ0v) is 9.88. The maximum atomic E-state index is 11.5. The van der Waals surface area contributed by atoms with E-state index in [0.29, 0.717) is 0 Å². The van der Waals surface area contributed by atoms with Gasteiger partial charge in [-0.15, -0.1) is 0 Å². The number of hydrogen-bond acceptors (Lipinski definition) is 4. The van der Waals surface area contributed by atoms with Crippen LogP contribution in [0, 0.1) is 0 Å². The van der Waals surface area contributed by atoms with E-state index in [-0.39, 0.29) is 0 Å².